The number of aromatic carboxylic acids is 1. The molecule has 0 saturated carbocycles. The highest BCUT2D eigenvalue weighted by atomic mass is 16.6. The molecule has 0 aromatic carbocycles. The van der Waals surface area contributed by atoms with Crippen LogP contribution in [0, 0.1) is 0 Å². The minimum absolute atomic E-state index is 0.00213. The Balaban J connectivity index is 1.84. The summed E-state index contributed by atoms with van der Waals surface area (Å²) in [7, 11) is 0. The molecular weight excluding hydrogens is 386 g/mol. The second-order valence-electron chi connectivity index (χ2n) is 5.73. The number of hydrogen-bond donors (Lipinski definition) is 4. The molecule has 2 aromatic heterocycles. The van der Waals surface area contributed by atoms with Crippen LogP contribution in [-0.4, -0.2) is 46.3 Å². The molecule has 0 radical (unpaired) electrons. The van der Waals surface area contributed by atoms with Crippen molar-refractivity contribution in [1.29, 1.82) is 0 Å². The van der Waals surface area contributed by atoms with Gasteiger partial charge in [-0.3, -0.25) is 14.6 Å². The number of carboxylic acids is 1. The lowest BCUT2D eigenvalue weighted by Gasteiger charge is -2.16. The Hall–Kier alpha value is -3.89. The van der Waals surface area contributed by atoms with Crippen molar-refractivity contribution in [1.82, 2.24) is 15.6 Å². The molecule has 0 spiro atoms. The van der Waals surface area contributed by atoms with Crippen LogP contribution < -0.4 is 16.1 Å². The van der Waals surface area contributed by atoms with Crippen molar-refractivity contribution in [3.63, 3.8) is 0 Å². The number of ether oxygens (including phenoxy) is 1. The topological polar surface area (TPSA) is 168 Å². The molecule has 2 heterocycles. The van der Waals surface area contributed by atoms with Gasteiger partial charge in [-0.15, -0.1) is 0 Å². The summed E-state index contributed by atoms with van der Waals surface area (Å²) in [6.07, 6.45) is 2.58. The molecule has 0 saturated heterocycles. The van der Waals surface area contributed by atoms with Gasteiger partial charge in [-0.1, -0.05) is 13.0 Å². The van der Waals surface area contributed by atoms with Crippen LogP contribution in [0.3, 0.4) is 0 Å². The van der Waals surface area contributed by atoms with E-state index < -0.39 is 46.8 Å². The van der Waals surface area contributed by atoms with Gasteiger partial charge in [0.15, 0.2) is 5.76 Å². The number of amides is 2. The largest absolute Gasteiger partial charge is 0.501 e. The van der Waals surface area contributed by atoms with Crippen LogP contribution in [0.15, 0.2) is 39.8 Å². The number of aromatic nitrogens is 1. The number of nitrogens with one attached hydrogen (secondary N) is 2. The van der Waals surface area contributed by atoms with Crippen molar-refractivity contribution in [3.05, 3.63) is 57.9 Å². The first-order chi connectivity index (χ1) is 13.8. The van der Waals surface area contributed by atoms with Crippen molar-refractivity contribution in [2.24, 2.45) is 0 Å². The average molecular weight is 405 g/mol. The minimum atomic E-state index is -1.70. The Kier molecular flexibility index (Phi) is 7.29. The molecule has 0 bridgehead atoms. The Morgan fingerprint density at radius 1 is 1.28 bits per heavy atom. The summed E-state index contributed by atoms with van der Waals surface area (Å²) in [6, 6.07) is 4.18. The number of carboxylic acid groups (broad SMARTS) is 1. The number of pyridine rings is 1. The summed E-state index contributed by atoms with van der Waals surface area (Å²) < 4.78 is 10.0. The lowest BCUT2D eigenvalue weighted by molar-refractivity contribution is 0.0649. The Morgan fingerprint density at radius 3 is 2.62 bits per heavy atom. The highest BCUT2D eigenvalue weighted by Crippen LogP contribution is 2.19. The maximum absolute atomic E-state index is 12.0. The number of hydrogen-bond acceptors (Lipinski definition) is 8. The fourth-order valence-corrected chi connectivity index (χ4v) is 2.30. The Morgan fingerprint density at radius 2 is 2.00 bits per heavy atom. The molecule has 4 N–H and O–H groups in total. The van der Waals surface area contributed by atoms with Crippen LogP contribution in [0.1, 0.15) is 46.1 Å². The summed E-state index contributed by atoms with van der Waals surface area (Å²) in [4.78, 5) is 50.2. The van der Waals surface area contributed by atoms with Gasteiger partial charge >= 0.3 is 12.1 Å². The Bertz CT molecular complexity index is 942. The predicted molar refractivity (Wildman–Crippen MR) is 97.7 cm³/mol. The predicted octanol–water partition coefficient (Wildman–Crippen LogP) is 1.05. The Labute approximate surface area is 164 Å². The van der Waals surface area contributed by atoms with Gasteiger partial charge < -0.3 is 30.0 Å². The summed E-state index contributed by atoms with van der Waals surface area (Å²) in [5.41, 5.74) is -0.323. The van der Waals surface area contributed by atoms with Gasteiger partial charge in [0, 0.05) is 37.1 Å². The maximum Gasteiger partial charge on any atom is 0.407 e. The van der Waals surface area contributed by atoms with Gasteiger partial charge in [0.1, 0.15) is 6.10 Å². The van der Waals surface area contributed by atoms with E-state index in [2.05, 4.69) is 15.6 Å². The maximum atomic E-state index is 12.0. The SMILES string of the molecule is CC[C@H](OC(=O)NCCNC(=O)c1cc(=O)c(O)c(C(=O)O)o1)c1cccnc1. The summed E-state index contributed by atoms with van der Waals surface area (Å²) in [5, 5.41) is 23.0. The van der Waals surface area contributed by atoms with E-state index in [9.17, 15) is 24.3 Å². The van der Waals surface area contributed by atoms with Crippen LogP contribution >= 0.6 is 0 Å². The molecule has 2 rings (SSSR count). The minimum Gasteiger partial charge on any atom is -0.501 e. The van der Waals surface area contributed by atoms with Gasteiger partial charge in [0.25, 0.3) is 11.7 Å². The van der Waals surface area contributed by atoms with Crippen molar-refractivity contribution < 1.29 is 33.8 Å². The number of rotatable bonds is 8. The highest BCUT2D eigenvalue weighted by molar-refractivity contribution is 5.93. The molecule has 0 fully saturated rings. The first kappa shape index (κ1) is 21.4. The van der Waals surface area contributed by atoms with Crippen LogP contribution in [0.25, 0.3) is 0 Å². The van der Waals surface area contributed by atoms with E-state index in [1.807, 2.05) is 6.92 Å². The van der Waals surface area contributed by atoms with E-state index in [0.717, 1.165) is 5.56 Å². The van der Waals surface area contributed by atoms with Crippen LogP contribution in [0.4, 0.5) is 4.79 Å². The van der Waals surface area contributed by atoms with Crippen molar-refractivity contribution in [2.45, 2.75) is 19.4 Å². The molecule has 1 atom stereocenters. The molecule has 2 amide bonds. The van der Waals surface area contributed by atoms with Crippen molar-refractivity contribution in [2.75, 3.05) is 13.1 Å². The lowest BCUT2D eigenvalue weighted by Crippen LogP contribution is -2.35. The first-order valence-electron chi connectivity index (χ1n) is 8.56. The first-order valence-corrected chi connectivity index (χ1v) is 8.56. The highest BCUT2D eigenvalue weighted by Gasteiger charge is 2.21. The number of nitrogens with zero attached hydrogens (tertiary/aromatic N) is 1. The fraction of sp³-hybridized carbons (Fsp3) is 0.278. The molecule has 0 aliphatic rings. The smallest absolute Gasteiger partial charge is 0.407 e. The van der Waals surface area contributed by atoms with Crippen LogP contribution in [-0.2, 0) is 4.74 Å². The zero-order chi connectivity index (χ0) is 21.4. The van der Waals surface area contributed by atoms with Gasteiger partial charge in [0.05, 0.1) is 0 Å². The molecule has 0 aliphatic carbocycles. The van der Waals surface area contributed by atoms with E-state index in [1.165, 1.54) is 0 Å². The second kappa shape index (κ2) is 9.88. The number of carbonyl (C=O) groups is 3. The van der Waals surface area contributed by atoms with Gasteiger partial charge in [-0.25, -0.2) is 9.59 Å². The third kappa shape index (κ3) is 5.79. The summed E-state index contributed by atoms with van der Waals surface area (Å²) in [6.45, 7) is 1.80. The molecule has 2 aromatic rings. The van der Waals surface area contributed by atoms with E-state index in [1.54, 1.807) is 24.5 Å². The second-order valence-corrected chi connectivity index (χ2v) is 5.73. The normalized spacial score (nSPS) is 11.3. The third-order valence-corrected chi connectivity index (χ3v) is 3.70. The molecule has 154 valence electrons. The van der Waals surface area contributed by atoms with Crippen LogP contribution in [0.5, 0.6) is 5.75 Å². The molecule has 11 heteroatoms. The van der Waals surface area contributed by atoms with Gasteiger partial charge in [0.2, 0.25) is 11.2 Å². The molecule has 11 nitrogen and oxygen atoms in total. The summed E-state index contributed by atoms with van der Waals surface area (Å²) in [5.74, 6) is -5.31. The number of carbonyl (C=O) groups excluding carboxylic acids is 2. The average Bonchev–Trinajstić information content (AvgIpc) is 2.71. The lowest BCUT2D eigenvalue weighted by atomic mass is 10.1. The molecule has 0 aliphatic heterocycles. The van der Waals surface area contributed by atoms with Gasteiger partial charge in [-0.05, 0) is 12.5 Å². The quantitative estimate of drug-likeness (QED) is 0.469. The number of aromatic hydroxyl groups is 1. The standard InChI is InChI=1S/C18H19N3O8/c1-2-12(10-4-3-5-19-9-10)29-18(27)21-7-6-20-16(24)13-8-11(22)14(23)15(28-13)17(25)26/h3-5,8-9,12,23H,2,6-7H2,1H3,(H,20,24)(H,21,27)(H,25,26)/t12-/m0/s1. The molecule has 0 unspecified atom stereocenters. The van der Waals surface area contributed by atoms with Crippen molar-refractivity contribution in [3.8, 4) is 5.75 Å². The molecule has 29 heavy (non-hydrogen) atoms. The van der Waals surface area contributed by atoms with E-state index in [-0.39, 0.29) is 13.1 Å². The zero-order valence-corrected chi connectivity index (χ0v) is 15.4. The van der Waals surface area contributed by atoms with Crippen LogP contribution in [0.2, 0.25) is 0 Å². The number of alkyl carbamates (subject to hydrolysis) is 1. The molecular formula is C18H19N3O8. The zero-order valence-electron chi connectivity index (χ0n) is 15.4. The van der Waals surface area contributed by atoms with E-state index in [4.69, 9.17) is 14.3 Å². The fourth-order valence-electron chi connectivity index (χ4n) is 2.30. The monoisotopic (exact) mass is 405 g/mol. The van der Waals surface area contributed by atoms with E-state index >= 15 is 0 Å². The van der Waals surface area contributed by atoms with E-state index in [0.29, 0.717) is 12.5 Å². The third-order valence-electron chi connectivity index (χ3n) is 3.70. The summed E-state index contributed by atoms with van der Waals surface area (Å²) >= 11 is 0. The van der Waals surface area contributed by atoms with Crippen molar-refractivity contribution >= 4 is 18.0 Å². The van der Waals surface area contributed by atoms with Gasteiger partial charge in [-0.2, -0.15) is 0 Å².